The third-order valence-electron chi connectivity index (χ3n) is 3.75. The third kappa shape index (κ3) is 2.42. The molecule has 22 heavy (non-hydrogen) atoms. The second kappa shape index (κ2) is 5.53. The number of hydrogen-bond donors (Lipinski definition) is 1. The molecule has 0 amide bonds. The number of nitrogens with zero attached hydrogens (tertiary/aromatic N) is 1. The number of halogens is 1. The van der Waals surface area contributed by atoms with Gasteiger partial charge in [-0.3, -0.25) is 0 Å². The number of anilines is 1. The van der Waals surface area contributed by atoms with Crippen LogP contribution in [0.2, 0.25) is 0 Å². The lowest BCUT2D eigenvalue weighted by Crippen LogP contribution is -2.12. The summed E-state index contributed by atoms with van der Waals surface area (Å²) in [6.45, 7) is 2.63. The van der Waals surface area contributed by atoms with Crippen molar-refractivity contribution >= 4 is 11.7 Å². The van der Waals surface area contributed by atoms with E-state index < -0.39 is 11.8 Å². The molecule has 0 spiro atoms. The molecular weight excluding hydrogens is 281 g/mol. The Morgan fingerprint density at radius 2 is 2.09 bits per heavy atom. The smallest absolute Gasteiger partial charge is 0.335 e. The van der Waals surface area contributed by atoms with E-state index in [9.17, 15) is 9.18 Å². The van der Waals surface area contributed by atoms with Gasteiger partial charge in [0.2, 0.25) is 0 Å². The number of carbonyl (C=O) groups is 1. The van der Waals surface area contributed by atoms with Gasteiger partial charge in [-0.15, -0.1) is 0 Å². The summed E-state index contributed by atoms with van der Waals surface area (Å²) in [6.07, 6.45) is 0.868. The Bertz CT molecular complexity index is 818. The summed E-state index contributed by atoms with van der Waals surface area (Å²) >= 11 is 0. The summed E-state index contributed by atoms with van der Waals surface area (Å²) < 4.78 is 14.1. The maximum Gasteiger partial charge on any atom is 0.335 e. The molecule has 3 nitrogen and oxygen atoms in total. The van der Waals surface area contributed by atoms with Crippen LogP contribution in [0.15, 0.2) is 36.4 Å². The molecule has 0 saturated heterocycles. The molecule has 0 saturated carbocycles. The first-order valence-corrected chi connectivity index (χ1v) is 6.96. The lowest BCUT2D eigenvalue weighted by Gasteiger charge is -2.11. The fraction of sp³-hybridized carbons (Fsp3) is 0.167. The van der Waals surface area contributed by atoms with Gasteiger partial charge in [0.15, 0.2) is 0 Å². The van der Waals surface area contributed by atoms with E-state index in [0.717, 1.165) is 35.8 Å². The van der Waals surface area contributed by atoms with Gasteiger partial charge in [0.25, 0.3) is 0 Å². The minimum Gasteiger partial charge on any atom is -0.478 e. The van der Waals surface area contributed by atoms with Crippen molar-refractivity contribution in [2.24, 2.45) is 0 Å². The van der Waals surface area contributed by atoms with E-state index >= 15 is 0 Å². The molecule has 0 bridgehead atoms. The molecule has 0 aliphatic carbocycles. The van der Waals surface area contributed by atoms with E-state index in [0.29, 0.717) is 5.56 Å². The quantitative estimate of drug-likeness (QED) is 0.862. The highest BCUT2D eigenvalue weighted by atomic mass is 19.1. The van der Waals surface area contributed by atoms with Crippen LogP contribution < -0.4 is 4.90 Å². The molecular formula is C18H14FNO2. The molecule has 2 aromatic rings. The molecule has 0 aromatic heterocycles. The molecule has 1 aliphatic heterocycles. The SMILES string of the molecule is CC#CN1CCc2cc(-c3ccc(C(=O)O)cc3F)ccc21. The van der Waals surface area contributed by atoms with Crippen LogP contribution >= 0.6 is 0 Å². The van der Waals surface area contributed by atoms with Gasteiger partial charge in [0, 0.05) is 18.2 Å². The van der Waals surface area contributed by atoms with E-state index in [4.69, 9.17) is 5.11 Å². The Kier molecular flexibility index (Phi) is 3.56. The molecule has 0 atom stereocenters. The molecule has 0 fully saturated rings. The van der Waals surface area contributed by atoms with E-state index in [-0.39, 0.29) is 5.56 Å². The average molecular weight is 295 g/mol. The standard InChI is InChI=1S/C18H14FNO2/c1-2-8-20-9-7-13-10-12(4-6-17(13)20)15-5-3-14(18(21)22)11-16(15)19/h3-6,10-11H,7,9H2,1H3,(H,21,22). The van der Waals surface area contributed by atoms with Crippen molar-refractivity contribution in [2.45, 2.75) is 13.3 Å². The maximum atomic E-state index is 14.1. The summed E-state index contributed by atoms with van der Waals surface area (Å²) in [7, 11) is 0. The van der Waals surface area contributed by atoms with Crippen molar-refractivity contribution in [3.05, 3.63) is 53.3 Å². The fourth-order valence-electron chi connectivity index (χ4n) is 2.70. The van der Waals surface area contributed by atoms with Crippen LogP contribution in [-0.4, -0.2) is 17.6 Å². The van der Waals surface area contributed by atoms with Crippen LogP contribution in [0.4, 0.5) is 10.1 Å². The van der Waals surface area contributed by atoms with E-state index in [1.807, 2.05) is 23.1 Å². The fourth-order valence-corrected chi connectivity index (χ4v) is 2.70. The number of carboxylic acid groups (broad SMARTS) is 1. The van der Waals surface area contributed by atoms with Gasteiger partial charge in [0.1, 0.15) is 5.82 Å². The highest BCUT2D eigenvalue weighted by Gasteiger charge is 2.19. The highest BCUT2D eigenvalue weighted by Crippen LogP contribution is 2.33. The largest absolute Gasteiger partial charge is 0.478 e. The topological polar surface area (TPSA) is 40.5 Å². The summed E-state index contributed by atoms with van der Waals surface area (Å²) in [5.74, 6) is 1.23. The molecule has 0 unspecified atom stereocenters. The van der Waals surface area contributed by atoms with Crippen molar-refractivity contribution in [3.8, 4) is 23.1 Å². The van der Waals surface area contributed by atoms with Crippen molar-refractivity contribution in [1.82, 2.24) is 0 Å². The van der Waals surface area contributed by atoms with Crippen molar-refractivity contribution in [1.29, 1.82) is 0 Å². The molecule has 1 N–H and O–H groups in total. The van der Waals surface area contributed by atoms with Gasteiger partial charge in [-0.05, 0) is 48.7 Å². The second-order valence-electron chi connectivity index (χ2n) is 5.11. The Morgan fingerprint density at radius 3 is 2.77 bits per heavy atom. The zero-order valence-corrected chi connectivity index (χ0v) is 12.1. The van der Waals surface area contributed by atoms with E-state index in [1.165, 1.54) is 12.1 Å². The molecule has 2 aromatic carbocycles. The highest BCUT2D eigenvalue weighted by molar-refractivity contribution is 5.88. The molecule has 3 rings (SSSR count). The van der Waals surface area contributed by atoms with Crippen LogP contribution in [0.1, 0.15) is 22.8 Å². The maximum absolute atomic E-state index is 14.1. The molecule has 110 valence electrons. The number of carboxylic acids is 1. The molecule has 0 radical (unpaired) electrons. The van der Waals surface area contributed by atoms with Crippen LogP contribution in [-0.2, 0) is 6.42 Å². The van der Waals surface area contributed by atoms with Gasteiger partial charge >= 0.3 is 5.97 Å². The molecule has 1 heterocycles. The first kappa shape index (κ1) is 14.2. The van der Waals surface area contributed by atoms with E-state index in [2.05, 4.69) is 12.0 Å². The van der Waals surface area contributed by atoms with Crippen LogP contribution in [0, 0.1) is 17.8 Å². The summed E-state index contributed by atoms with van der Waals surface area (Å²) in [5.41, 5.74) is 3.29. The van der Waals surface area contributed by atoms with Crippen LogP contribution in [0.25, 0.3) is 11.1 Å². The Balaban J connectivity index is 2.00. The zero-order chi connectivity index (χ0) is 15.7. The lowest BCUT2D eigenvalue weighted by molar-refractivity contribution is 0.0696. The van der Waals surface area contributed by atoms with Gasteiger partial charge in [-0.1, -0.05) is 18.1 Å². The average Bonchev–Trinajstić information content (AvgIpc) is 2.90. The number of fused-ring (bicyclic) bond motifs is 1. The van der Waals surface area contributed by atoms with Crippen molar-refractivity contribution in [3.63, 3.8) is 0 Å². The number of benzene rings is 2. The van der Waals surface area contributed by atoms with Crippen molar-refractivity contribution in [2.75, 3.05) is 11.4 Å². The van der Waals surface area contributed by atoms with Gasteiger partial charge < -0.3 is 10.0 Å². The lowest BCUT2D eigenvalue weighted by atomic mass is 10.00. The summed E-state index contributed by atoms with van der Waals surface area (Å²) in [4.78, 5) is 12.9. The minimum atomic E-state index is -1.13. The second-order valence-corrected chi connectivity index (χ2v) is 5.11. The predicted molar refractivity (Wildman–Crippen MR) is 83.3 cm³/mol. The predicted octanol–water partition coefficient (Wildman–Crippen LogP) is 3.53. The summed E-state index contributed by atoms with van der Waals surface area (Å²) in [5, 5.41) is 8.89. The number of rotatable bonds is 2. The molecule has 1 aliphatic rings. The Hall–Kier alpha value is -2.80. The molecule has 4 heteroatoms. The Labute approximate surface area is 128 Å². The first-order valence-electron chi connectivity index (χ1n) is 6.96. The number of aromatic carboxylic acids is 1. The normalized spacial score (nSPS) is 12.5. The monoisotopic (exact) mass is 295 g/mol. The Morgan fingerprint density at radius 1 is 1.27 bits per heavy atom. The third-order valence-corrected chi connectivity index (χ3v) is 3.75. The first-order chi connectivity index (χ1) is 10.6. The van der Waals surface area contributed by atoms with Crippen molar-refractivity contribution < 1.29 is 14.3 Å². The minimum absolute atomic E-state index is 0.0493. The summed E-state index contributed by atoms with van der Waals surface area (Å²) in [6, 6.07) is 12.8. The van der Waals surface area contributed by atoms with Crippen LogP contribution in [0.5, 0.6) is 0 Å². The van der Waals surface area contributed by atoms with E-state index in [1.54, 1.807) is 6.92 Å². The van der Waals surface area contributed by atoms with Gasteiger partial charge in [0.05, 0.1) is 11.3 Å². The zero-order valence-electron chi connectivity index (χ0n) is 12.1. The van der Waals surface area contributed by atoms with Crippen LogP contribution in [0.3, 0.4) is 0 Å². The van der Waals surface area contributed by atoms with Gasteiger partial charge in [-0.25, -0.2) is 9.18 Å². The number of hydrogen-bond acceptors (Lipinski definition) is 2. The van der Waals surface area contributed by atoms with Gasteiger partial charge in [-0.2, -0.15) is 0 Å².